The number of benzene rings is 1. The smallest absolute Gasteiger partial charge is 0.332 e. The van der Waals surface area contributed by atoms with Gasteiger partial charge in [0.05, 0.1) is 5.56 Å². The number of hydrogen-bond acceptors (Lipinski definition) is 5. The summed E-state index contributed by atoms with van der Waals surface area (Å²) in [6.07, 6.45) is -0.447. The van der Waals surface area contributed by atoms with Crippen molar-refractivity contribution in [2.24, 2.45) is 0 Å². The van der Waals surface area contributed by atoms with Crippen LogP contribution in [-0.2, 0) is 12.7 Å². The van der Waals surface area contributed by atoms with E-state index in [9.17, 15) is 22.8 Å². The zero-order valence-electron chi connectivity index (χ0n) is 19.1. The molecular weight excluding hydrogens is 475 g/mol. The molecule has 0 radical (unpaired) electrons. The highest BCUT2D eigenvalue weighted by Crippen LogP contribution is 2.33. The van der Waals surface area contributed by atoms with Gasteiger partial charge in [-0.1, -0.05) is 19.1 Å². The summed E-state index contributed by atoms with van der Waals surface area (Å²) in [5.41, 5.74) is 0.609. The molecule has 12 heteroatoms. The molecule has 1 N–H and O–H groups in total. The van der Waals surface area contributed by atoms with Crippen molar-refractivity contribution in [3.63, 3.8) is 0 Å². The number of imidazole rings is 1. The number of aromatic amines is 1. The van der Waals surface area contributed by atoms with Crippen LogP contribution in [0.3, 0.4) is 0 Å². The molecule has 0 bridgehead atoms. The first kappa shape index (κ1) is 22.3. The maximum Gasteiger partial charge on any atom is 0.416 e. The minimum atomic E-state index is -4.43. The van der Waals surface area contributed by atoms with Crippen molar-refractivity contribution in [1.82, 2.24) is 33.7 Å². The fourth-order valence-corrected chi connectivity index (χ4v) is 4.39. The standard InChI is InChI=1S/C24H20F3N7O2/c1-2-11-32-21-18(22(35)34(23(32)36)16-8-9-16)28-19(29-21)14-5-10-17-30-31-20(33(17)12-14)13-3-6-15(7-4-13)24(25,26)27/h3-7,10,12,16H,2,8-9,11H2,1H3,(H,28,29). The van der Waals surface area contributed by atoms with Crippen molar-refractivity contribution in [3.8, 4) is 22.8 Å². The predicted molar refractivity (Wildman–Crippen MR) is 126 cm³/mol. The SMILES string of the molecule is CCCn1c(=O)n(C2CC2)c(=O)c2[nH]c(-c3ccc4nnc(-c5ccc(C(F)(F)F)cc5)n4c3)nc21. The van der Waals surface area contributed by atoms with Gasteiger partial charge in [0.15, 0.2) is 17.1 Å². The molecule has 5 aromatic rings. The Balaban J connectivity index is 1.48. The van der Waals surface area contributed by atoms with Gasteiger partial charge in [0, 0.05) is 29.9 Å². The van der Waals surface area contributed by atoms with Gasteiger partial charge in [-0.25, -0.2) is 9.78 Å². The second-order valence-corrected chi connectivity index (χ2v) is 8.87. The lowest BCUT2D eigenvalue weighted by Crippen LogP contribution is -2.39. The molecule has 0 unspecified atom stereocenters. The Kier molecular flexibility index (Phi) is 4.88. The Morgan fingerprint density at radius 2 is 1.75 bits per heavy atom. The number of aryl methyl sites for hydroxylation is 1. The number of fused-ring (bicyclic) bond motifs is 2. The topological polar surface area (TPSA) is 103 Å². The number of pyridine rings is 1. The third-order valence-corrected chi connectivity index (χ3v) is 6.32. The van der Waals surface area contributed by atoms with E-state index >= 15 is 0 Å². The molecule has 1 aliphatic rings. The molecular formula is C24H20F3N7O2. The van der Waals surface area contributed by atoms with E-state index in [0.29, 0.717) is 47.0 Å². The number of nitrogens with zero attached hydrogens (tertiary/aromatic N) is 6. The molecule has 1 fully saturated rings. The zero-order chi connectivity index (χ0) is 25.2. The highest BCUT2D eigenvalue weighted by molar-refractivity contribution is 5.76. The lowest BCUT2D eigenvalue weighted by molar-refractivity contribution is -0.137. The molecule has 4 aromatic heterocycles. The monoisotopic (exact) mass is 495 g/mol. The zero-order valence-corrected chi connectivity index (χ0v) is 19.1. The maximum absolute atomic E-state index is 13.1. The Hall–Kier alpha value is -4.22. The van der Waals surface area contributed by atoms with Crippen molar-refractivity contribution < 1.29 is 13.2 Å². The van der Waals surface area contributed by atoms with Gasteiger partial charge < -0.3 is 4.98 Å². The average molecular weight is 495 g/mol. The van der Waals surface area contributed by atoms with E-state index in [2.05, 4.69) is 20.2 Å². The summed E-state index contributed by atoms with van der Waals surface area (Å²) in [6.45, 7) is 2.37. The Morgan fingerprint density at radius 1 is 1.03 bits per heavy atom. The number of halogens is 3. The van der Waals surface area contributed by atoms with Crippen LogP contribution < -0.4 is 11.2 Å². The highest BCUT2D eigenvalue weighted by atomic mass is 19.4. The molecule has 0 atom stereocenters. The van der Waals surface area contributed by atoms with Crippen LogP contribution in [0.2, 0.25) is 0 Å². The van der Waals surface area contributed by atoms with E-state index in [4.69, 9.17) is 0 Å². The van der Waals surface area contributed by atoms with Crippen LogP contribution >= 0.6 is 0 Å². The van der Waals surface area contributed by atoms with Gasteiger partial charge in [-0.15, -0.1) is 10.2 Å². The molecule has 1 aliphatic carbocycles. The third-order valence-electron chi connectivity index (χ3n) is 6.32. The average Bonchev–Trinajstić information content (AvgIpc) is 3.43. The van der Waals surface area contributed by atoms with Crippen molar-refractivity contribution in [1.29, 1.82) is 0 Å². The Bertz CT molecular complexity index is 1740. The molecule has 6 rings (SSSR count). The van der Waals surface area contributed by atoms with Crippen LogP contribution in [0.1, 0.15) is 37.8 Å². The van der Waals surface area contributed by atoms with Crippen molar-refractivity contribution in [2.45, 2.75) is 44.9 Å². The molecule has 9 nitrogen and oxygen atoms in total. The largest absolute Gasteiger partial charge is 0.416 e. The van der Waals surface area contributed by atoms with Crippen LogP contribution in [0, 0.1) is 0 Å². The molecule has 0 aliphatic heterocycles. The van der Waals surface area contributed by atoms with E-state index < -0.39 is 11.7 Å². The van der Waals surface area contributed by atoms with Crippen LogP contribution in [0.4, 0.5) is 13.2 Å². The van der Waals surface area contributed by atoms with Crippen LogP contribution in [-0.4, -0.2) is 33.7 Å². The van der Waals surface area contributed by atoms with E-state index in [-0.39, 0.29) is 22.8 Å². The van der Waals surface area contributed by atoms with Gasteiger partial charge in [0.1, 0.15) is 11.3 Å². The first-order chi connectivity index (χ1) is 17.3. The van der Waals surface area contributed by atoms with Crippen LogP contribution in [0.15, 0.2) is 52.2 Å². The molecule has 1 saturated carbocycles. The second-order valence-electron chi connectivity index (χ2n) is 8.87. The number of hydrogen-bond donors (Lipinski definition) is 1. The summed E-state index contributed by atoms with van der Waals surface area (Å²) in [7, 11) is 0. The first-order valence-electron chi connectivity index (χ1n) is 11.5. The number of nitrogens with one attached hydrogen (secondary N) is 1. The Morgan fingerprint density at radius 3 is 2.42 bits per heavy atom. The maximum atomic E-state index is 13.1. The molecule has 1 aromatic carbocycles. The van der Waals surface area contributed by atoms with Crippen LogP contribution in [0.25, 0.3) is 39.6 Å². The molecule has 0 amide bonds. The van der Waals surface area contributed by atoms with E-state index in [0.717, 1.165) is 25.0 Å². The van der Waals surface area contributed by atoms with Crippen LogP contribution in [0.5, 0.6) is 0 Å². The fourth-order valence-electron chi connectivity index (χ4n) is 4.39. The molecule has 0 saturated heterocycles. The van der Waals surface area contributed by atoms with E-state index in [1.54, 1.807) is 22.7 Å². The predicted octanol–water partition coefficient (Wildman–Crippen LogP) is 4.03. The lowest BCUT2D eigenvalue weighted by Gasteiger charge is -2.09. The van der Waals surface area contributed by atoms with Gasteiger partial charge in [-0.3, -0.25) is 18.3 Å². The second kappa shape index (κ2) is 7.90. The minimum absolute atomic E-state index is 0.0797. The minimum Gasteiger partial charge on any atom is -0.332 e. The van der Waals surface area contributed by atoms with Gasteiger partial charge >= 0.3 is 11.9 Å². The number of aromatic nitrogens is 7. The quantitative estimate of drug-likeness (QED) is 0.397. The molecule has 0 spiro atoms. The third kappa shape index (κ3) is 3.51. The summed E-state index contributed by atoms with van der Waals surface area (Å²) in [6, 6.07) is 8.05. The summed E-state index contributed by atoms with van der Waals surface area (Å²) in [5.74, 6) is 0.740. The van der Waals surface area contributed by atoms with Crippen molar-refractivity contribution in [3.05, 3.63) is 69.0 Å². The first-order valence-corrected chi connectivity index (χ1v) is 11.5. The molecule has 36 heavy (non-hydrogen) atoms. The van der Waals surface area contributed by atoms with E-state index in [1.165, 1.54) is 21.3 Å². The summed E-state index contributed by atoms with van der Waals surface area (Å²) in [5, 5.41) is 8.25. The molecule has 4 heterocycles. The molecule has 184 valence electrons. The van der Waals surface area contributed by atoms with Crippen molar-refractivity contribution in [2.75, 3.05) is 0 Å². The van der Waals surface area contributed by atoms with E-state index in [1.807, 2.05) is 6.92 Å². The number of alkyl halides is 3. The number of H-pyrrole nitrogens is 1. The summed E-state index contributed by atoms with van der Waals surface area (Å²) in [4.78, 5) is 33.8. The van der Waals surface area contributed by atoms with Gasteiger partial charge in [-0.2, -0.15) is 13.2 Å². The summed E-state index contributed by atoms with van der Waals surface area (Å²) >= 11 is 0. The fraction of sp³-hybridized carbons (Fsp3) is 0.292. The lowest BCUT2D eigenvalue weighted by atomic mass is 10.1. The van der Waals surface area contributed by atoms with Crippen molar-refractivity contribution >= 4 is 16.8 Å². The Labute approximate surface area is 200 Å². The van der Waals surface area contributed by atoms with Gasteiger partial charge in [0.2, 0.25) is 0 Å². The highest BCUT2D eigenvalue weighted by Gasteiger charge is 2.31. The normalized spacial score (nSPS) is 14.2. The number of rotatable bonds is 5. The summed E-state index contributed by atoms with van der Waals surface area (Å²) < 4.78 is 43.4. The van der Waals surface area contributed by atoms with Gasteiger partial charge in [0.25, 0.3) is 5.56 Å². The van der Waals surface area contributed by atoms with Gasteiger partial charge in [-0.05, 0) is 43.5 Å².